The number of rotatable bonds is 19. The molecule has 4 N–H and O–H groups in total. The Hall–Kier alpha value is -2.54. The number of nitrogens with zero attached hydrogens (tertiary/aromatic N) is 2. The van der Waals surface area contributed by atoms with E-state index in [1.54, 1.807) is 0 Å². The van der Waals surface area contributed by atoms with E-state index in [1.165, 1.54) is 15.9 Å². The topological polar surface area (TPSA) is 174 Å². The molecule has 0 saturated carbocycles. The van der Waals surface area contributed by atoms with E-state index in [1.807, 2.05) is 0 Å². The molecular weight excluding hydrogens is 392 g/mol. The van der Waals surface area contributed by atoms with Gasteiger partial charge in [0, 0.05) is 13.1 Å². The zero-order valence-electron chi connectivity index (χ0n) is 16.1. The van der Waals surface area contributed by atoms with Crippen molar-refractivity contribution in [1.82, 2.24) is 9.80 Å². The molecule has 0 heterocycles. The number of carboxylic acids is 4. The summed E-state index contributed by atoms with van der Waals surface area (Å²) in [5.41, 5.74) is 0. The minimum absolute atomic E-state index is 0.0850. The summed E-state index contributed by atoms with van der Waals surface area (Å²) in [7, 11) is 0. The minimum atomic E-state index is -1.16. The maximum Gasteiger partial charge on any atom is 0.321 e. The van der Waals surface area contributed by atoms with Gasteiger partial charge in [0.1, 0.15) is 6.04 Å². The molecule has 0 bridgehead atoms. The van der Waals surface area contributed by atoms with Crippen molar-refractivity contribution in [3.05, 3.63) is 12.7 Å². The average Bonchev–Trinajstić information content (AvgIpc) is 2.59. The van der Waals surface area contributed by atoms with Crippen LogP contribution in [0.15, 0.2) is 12.7 Å². The maximum atomic E-state index is 11.3. The third-order valence-electron chi connectivity index (χ3n) is 3.62. The fraction of sp³-hybridized carbons (Fsp3) is 0.647. The molecule has 0 aromatic carbocycles. The summed E-state index contributed by atoms with van der Waals surface area (Å²) in [5, 5.41) is 35.6. The van der Waals surface area contributed by atoms with E-state index in [2.05, 4.69) is 6.58 Å². The van der Waals surface area contributed by atoms with Crippen molar-refractivity contribution in [3.63, 3.8) is 0 Å². The van der Waals surface area contributed by atoms with Crippen LogP contribution in [0, 0.1) is 0 Å². The monoisotopic (exact) mass is 420 g/mol. The lowest BCUT2D eigenvalue weighted by Gasteiger charge is -2.26. The fourth-order valence-corrected chi connectivity index (χ4v) is 2.38. The van der Waals surface area contributed by atoms with E-state index in [0.717, 1.165) is 0 Å². The zero-order chi connectivity index (χ0) is 22.2. The van der Waals surface area contributed by atoms with Crippen LogP contribution in [0.25, 0.3) is 0 Å². The van der Waals surface area contributed by atoms with Crippen molar-refractivity contribution >= 4 is 23.9 Å². The maximum absolute atomic E-state index is 11.3. The third kappa shape index (κ3) is 14.2. The molecule has 12 heteroatoms. The van der Waals surface area contributed by atoms with E-state index in [9.17, 15) is 24.3 Å². The van der Waals surface area contributed by atoms with Crippen LogP contribution in [0.1, 0.15) is 6.42 Å². The summed E-state index contributed by atoms with van der Waals surface area (Å²) in [5.74, 6) is -4.59. The molecule has 0 aliphatic rings. The van der Waals surface area contributed by atoms with Gasteiger partial charge in [0.15, 0.2) is 0 Å². The van der Waals surface area contributed by atoms with E-state index in [-0.39, 0.29) is 45.9 Å². The van der Waals surface area contributed by atoms with Crippen LogP contribution in [0.4, 0.5) is 0 Å². The van der Waals surface area contributed by atoms with Gasteiger partial charge in [-0.05, 0) is 6.42 Å². The molecule has 0 radical (unpaired) electrons. The molecule has 0 fully saturated rings. The Morgan fingerprint density at radius 3 is 1.69 bits per heavy atom. The van der Waals surface area contributed by atoms with Crippen LogP contribution >= 0.6 is 0 Å². The van der Waals surface area contributed by atoms with Crippen molar-refractivity contribution in [2.45, 2.75) is 12.5 Å². The quantitative estimate of drug-likeness (QED) is 0.147. The van der Waals surface area contributed by atoms with E-state index in [4.69, 9.17) is 24.8 Å². The summed E-state index contributed by atoms with van der Waals surface area (Å²) in [6, 6.07) is -1.02. The molecule has 12 nitrogen and oxygen atoms in total. The molecule has 1 atom stereocenters. The van der Waals surface area contributed by atoms with Crippen molar-refractivity contribution in [1.29, 1.82) is 0 Å². The first-order valence-electron chi connectivity index (χ1n) is 8.78. The lowest BCUT2D eigenvalue weighted by Crippen LogP contribution is -2.45. The summed E-state index contributed by atoms with van der Waals surface area (Å²) in [6.07, 6.45) is 1.50. The van der Waals surface area contributed by atoms with Crippen LogP contribution in [0.3, 0.4) is 0 Å². The second-order valence-electron chi connectivity index (χ2n) is 5.97. The molecule has 166 valence electrons. The van der Waals surface area contributed by atoms with E-state index >= 15 is 0 Å². The van der Waals surface area contributed by atoms with Gasteiger partial charge in [-0.3, -0.25) is 29.0 Å². The Balaban J connectivity index is 4.16. The largest absolute Gasteiger partial charge is 0.480 e. The molecule has 1 unspecified atom stereocenters. The number of ether oxygens (including phenoxy) is 2. The SMILES string of the molecule is C=CCC(C(=O)O)N(CCOCCOCCN(CC(=O)O)CC(=O)O)CC(=O)O. The molecular formula is C17H28N2O10. The van der Waals surface area contributed by atoms with Gasteiger partial charge < -0.3 is 29.9 Å². The van der Waals surface area contributed by atoms with Crippen LogP contribution < -0.4 is 0 Å². The standard InChI is InChI=1S/C17H28N2O10/c1-2-3-13(17(26)27)19(12-16(24)25)5-7-29-9-8-28-6-4-18(10-14(20)21)11-15(22)23/h2,13H,1,3-12H2,(H,20,21)(H,22,23)(H,24,25)(H,26,27). The molecule has 0 aliphatic carbocycles. The zero-order valence-corrected chi connectivity index (χ0v) is 16.1. The van der Waals surface area contributed by atoms with Gasteiger partial charge in [0.2, 0.25) is 0 Å². The Morgan fingerprint density at radius 2 is 1.28 bits per heavy atom. The Bertz CT molecular complexity index is 538. The highest BCUT2D eigenvalue weighted by Crippen LogP contribution is 2.06. The normalized spacial score (nSPS) is 12.1. The van der Waals surface area contributed by atoms with Crippen LogP contribution in [-0.4, -0.2) is 119 Å². The van der Waals surface area contributed by atoms with Crippen LogP contribution in [0.2, 0.25) is 0 Å². The van der Waals surface area contributed by atoms with Gasteiger partial charge in [0.25, 0.3) is 0 Å². The first-order chi connectivity index (χ1) is 13.7. The molecule has 29 heavy (non-hydrogen) atoms. The number of carboxylic acid groups (broad SMARTS) is 4. The first-order valence-corrected chi connectivity index (χ1v) is 8.78. The molecule has 0 amide bonds. The summed E-state index contributed by atoms with van der Waals surface area (Å²) >= 11 is 0. The van der Waals surface area contributed by atoms with Gasteiger partial charge in [-0.25, -0.2) is 0 Å². The second kappa shape index (κ2) is 15.4. The van der Waals surface area contributed by atoms with Gasteiger partial charge in [-0.1, -0.05) is 6.08 Å². The molecule has 0 spiro atoms. The number of hydrogen-bond acceptors (Lipinski definition) is 8. The van der Waals surface area contributed by atoms with Crippen molar-refractivity contribution < 1.29 is 49.1 Å². The van der Waals surface area contributed by atoms with Crippen LogP contribution in [0.5, 0.6) is 0 Å². The van der Waals surface area contributed by atoms with E-state index < -0.39 is 49.6 Å². The number of aliphatic carboxylic acids is 4. The third-order valence-corrected chi connectivity index (χ3v) is 3.62. The van der Waals surface area contributed by atoms with Crippen molar-refractivity contribution in [2.75, 3.05) is 59.2 Å². The van der Waals surface area contributed by atoms with Crippen molar-refractivity contribution in [3.8, 4) is 0 Å². The van der Waals surface area contributed by atoms with E-state index in [0.29, 0.717) is 0 Å². The molecule has 0 aromatic rings. The number of carbonyl (C=O) groups is 4. The smallest absolute Gasteiger partial charge is 0.321 e. The van der Waals surface area contributed by atoms with Gasteiger partial charge in [-0.2, -0.15) is 0 Å². The van der Waals surface area contributed by atoms with Gasteiger partial charge in [0.05, 0.1) is 46.1 Å². The summed E-state index contributed by atoms with van der Waals surface area (Å²) in [6.45, 7) is 2.89. The molecule has 0 aromatic heterocycles. The predicted octanol–water partition coefficient (Wildman–Crippen LogP) is -1.09. The first kappa shape index (κ1) is 26.5. The molecule has 0 rings (SSSR count). The van der Waals surface area contributed by atoms with Gasteiger partial charge in [-0.15, -0.1) is 6.58 Å². The second-order valence-corrected chi connectivity index (χ2v) is 5.97. The Kier molecular flexibility index (Phi) is 14.0. The van der Waals surface area contributed by atoms with Gasteiger partial charge >= 0.3 is 23.9 Å². The fourth-order valence-electron chi connectivity index (χ4n) is 2.38. The molecule has 0 aliphatic heterocycles. The van der Waals surface area contributed by atoms with Crippen LogP contribution in [-0.2, 0) is 28.7 Å². The highest BCUT2D eigenvalue weighted by molar-refractivity contribution is 5.75. The average molecular weight is 420 g/mol. The molecule has 0 saturated heterocycles. The lowest BCUT2D eigenvalue weighted by molar-refractivity contribution is -0.147. The Labute approximate surface area is 167 Å². The predicted molar refractivity (Wildman–Crippen MR) is 98.8 cm³/mol. The lowest BCUT2D eigenvalue weighted by atomic mass is 10.1. The Morgan fingerprint density at radius 1 is 0.793 bits per heavy atom. The summed E-state index contributed by atoms with van der Waals surface area (Å²) < 4.78 is 10.6. The highest BCUT2D eigenvalue weighted by atomic mass is 16.5. The van der Waals surface area contributed by atoms with Crippen molar-refractivity contribution in [2.24, 2.45) is 0 Å². The highest BCUT2D eigenvalue weighted by Gasteiger charge is 2.25. The summed E-state index contributed by atoms with van der Waals surface area (Å²) in [4.78, 5) is 46.0. The number of hydrogen-bond donors (Lipinski definition) is 4. The minimum Gasteiger partial charge on any atom is -0.480 e.